The van der Waals surface area contributed by atoms with Crippen LogP contribution in [0.4, 0.5) is 13.2 Å². The van der Waals surface area contributed by atoms with Crippen molar-refractivity contribution < 1.29 is 22.4 Å². The summed E-state index contributed by atoms with van der Waals surface area (Å²) in [6.45, 7) is 0.131. The van der Waals surface area contributed by atoms with Gasteiger partial charge in [0.05, 0.1) is 12.8 Å². The summed E-state index contributed by atoms with van der Waals surface area (Å²) in [6, 6.07) is 7.81. The first-order chi connectivity index (χ1) is 12.4. The highest BCUT2D eigenvalue weighted by molar-refractivity contribution is 5.75. The molecule has 0 aromatic carbocycles. The maximum atomic E-state index is 12.6. The fourth-order valence-electron chi connectivity index (χ4n) is 2.37. The van der Waals surface area contributed by atoms with E-state index in [0.29, 0.717) is 5.76 Å². The third-order valence-electron chi connectivity index (χ3n) is 3.60. The molecule has 0 fully saturated rings. The lowest BCUT2D eigenvalue weighted by Crippen LogP contribution is -2.33. The second-order valence-corrected chi connectivity index (χ2v) is 5.59. The van der Waals surface area contributed by atoms with Gasteiger partial charge < -0.3 is 9.32 Å². The van der Waals surface area contributed by atoms with Gasteiger partial charge in [0.15, 0.2) is 5.69 Å². The molecule has 6 nitrogen and oxygen atoms in total. The van der Waals surface area contributed by atoms with Crippen LogP contribution in [0.5, 0.6) is 0 Å². The van der Waals surface area contributed by atoms with Crippen molar-refractivity contribution in [3.8, 4) is 0 Å². The number of alkyl halides is 3. The third-order valence-corrected chi connectivity index (χ3v) is 3.60. The van der Waals surface area contributed by atoms with Crippen molar-refractivity contribution in [1.82, 2.24) is 19.7 Å². The fraction of sp³-hybridized carbons (Fsp3) is 0.235. The average Bonchev–Trinajstić information content (AvgIpc) is 3.26. The number of hydrogen-bond donors (Lipinski definition) is 0. The predicted octanol–water partition coefficient (Wildman–Crippen LogP) is 3.12. The molecule has 3 rings (SSSR count). The summed E-state index contributed by atoms with van der Waals surface area (Å²) in [5.74, 6) is 0.181. The molecule has 0 aliphatic rings. The Balaban J connectivity index is 1.74. The fourth-order valence-corrected chi connectivity index (χ4v) is 2.37. The van der Waals surface area contributed by atoms with E-state index >= 15 is 0 Å². The minimum Gasteiger partial charge on any atom is -0.467 e. The van der Waals surface area contributed by atoms with Gasteiger partial charge in [-0.05, 0) is 29.8 Å². The van der Waals surface area contributed by atoms with Gasteiger partial charge in [-0.25, -0.2) is 0 Å². The minimum absolute atomic E-state index is 0.189. The second kappa shape index (κ2) is 7.42. The lowest BCUT2D eigenvalue weighted by Gasteiger charge is -2.21. The maximum absolute atomic E-state index is 12.6. The minimum atomic E-state index is -4.54. The van der Waals surface area contributed by atoms with Gasteiger partial charge in [0.2, 0.25) is 5.91 Å². The SMILES string of the molecule is O=C(Cn1ccc(C(F)(F)F)n1)N(Cc1cccnc1)Cc1ccco1. The monoisotopic (exact) mass is 364 g/mol. The van der Waals surface area contributed by atoms with Gasteiger partial charge in [-0.3, -0.25) is 14.5 Å². The molecule has 0 bridgehead atoms. The summed E-state index contributed by atoms with van der Waals surface area (Å²) in [6.07, 6.45) is 1.32. The summed E-state index contributed by atoms with van der Waals surface area (Å²) in [5, 5.41) is 3.42. The molecule has 3 heterocycles. The van der Waals surface area contributed by atoms with Crippen molar-refractivity contribution >= 4 is 5.91 Å². The molecule has 0 radical (unpaired) electrons. The zero-order valence-electron chi connectivity index (χ0n) is 13.6. The van der Waals surface area contributed by atoms with E-state index in [1.54, 1.807) is 30.6 Å². The maximum Gasteiger partial charge on any atom is 0.435 e. The van der Waals surface area contributed by atoms with Crippen molar-refractivity contribution in [3.05, 3.63) is 72.2 Å². The molecule has 0 saturated carbocycles. The molecule has 136 valence electrons. The Morgan fingerprint density at radius 3 is 2.65 bits per heavy atom. The predicted molar refractivity (Wildman–Crippen MR) is 84.4 cm³/mol. The highest BCUT2D eigenvalue weighted by atomic mass is 19.4. The first-order valence-corrected chi connectivity index (χ1v) is 7.71. The normalized spacial score (nSPS) is 11.5. The molecule has 0 spiro atoms. The largest absolute Gasteiger partial charge is 0.467 e. The van der Waals surface area contributed by atoms with Crippen molar-refractivity contribution in [2.45, 2.75) is 25.8 Å². The Hall–Kier alpha value is -3.10. The number of carbonyl (C=O) groups excluding carboxylic acids is 1. The lowest BCUT2D eigenvalue weighted by atomic mass is 10.2. The van der Waals surface area contributed by atoms with Crippen LogP contribution >= 0.6 is 0 Å². The summed E-state index contributed by atoms with van der Waals surface area (Å²) in [7, 11) is 0. The Morgan fingerprint density at radius 2 is 2.04 bits per heavy atom. The van der Waals surface area contributed by atoms with Crippen LogP contribution in [-0.4, -0.2) is 25.6 Å². The molecule has 0 saturated heterocycles. The van der Waals surface area contributed by atoms with E-state index in [-0.39, 0.29) is 25.5 Å². The Morgan fingerprint density at radius 1 is 1.19 bits per heavy atom. The second-order valence-electron chi connectivity index (χ2n) is 5.59. The van der Waals surface area contributed by atoms with E-state index in [1.165, 1.54) is 11.2 Å². The number of halogens is 3. The quantitative estimate of drug-likeness (QED) is 0.674. The van der Waals surface area contributed by atoms with Crippen LogP contribution in [0, 0.1) is 0 Å². The van der Waals surface area contributed by atoms with Crippen molar-refractivity contribution in [1.29, 1.82) is 0 Å². The number of rotatable bonds is 6. The summed E-state index contributed by atoms with van der Waals surface area (Å²) < 4.78 is 44.2. The number of hydrogen-bond acceptors (Lipinski definition) is 4. The lowest BCUT2D eigenvalue weighted by molar-refractivity contribution is -0.142. The molecule has 26 heavy (non-hydrogen) atoms. The van der Waals surface area contributed by atoms with Gasteiger partial charge in [0, 0.05) is 25.1 Å². The van der Waals surface area contributed by atoms with Gasteiger partial charge in [0.25, 0.3) is 0 Å². The first kappa shape index (κ1) is 17.7. The van der Waals surface area contributed by atoms with Gasteiger partial charge in [-0.2, -0.15) is 18.3 Å². The third kappa shape index (κ3) is 4.50. The molecule has 0 N–H and O–H groups in total. The molecular weight excluding hydrogens is 349 g/mol. The number of furan rings is 1. The van der Waals surface area contributed by atoms with Crippen LogP contribution in [0.25, 0.3) is 0 Å². The van der Waals surface area contributed by atoms with Crippen LogP contribution < -0.4 is 0 Å². The standard InChI is InChI=1S/C17H15F3N4O2/c18-17(19,20)15-5-7-24(22-15)12-16(25)23(11-14-4-2-8-26-14)10-13-3-1-6-21-9-13/h1-9H,10-12H2. The van der Waals surface area contributed by atoms with E-state index in [4.69, 9.17) is 4.42 Å². The van der Waals surface area contributed by atoms with Crippen molar-refractivity contribution in [3.63, 3.8) is 0 Å². The van der Waals surface area contributed by atoms with E-state index in [2.05, 4.69) is 10.1 Å². The number of pyridine rings is 1. The molecule has 1 amide bonds. The van der Waals surface area contributed by atoms with Crippen molar-refractivity contribution in [2.24, 2.45) is 0 Å². The number of amides is 1. The first-order valence-electron chi connectivity index (χ1n) is 7.71. The van der Waals surface area contributed by atoms with E-state index in [0.717, 1.165) is 22.5 Å². The molecule has 3 aromatic heterocycles. The molecule has 0 aliphatic carbocycles. The average molecular weight is 364 g/mol. The zero-order valence-corrected chi connectivity index (χ0v) is 13.6. The van der Waals surface area contributed by atoms with Gasteiger partial charge in [-0.1, -0.05) is 6.07 Å². The molecular formula is C17H15F3N4O2. The highest BCUT2D eigenvalue weighted by Crippen LogP contribution is 2.27. The van der Waals surface area contributed by atoms with Crippen LogP contribution in [0.1, 0.15) is 17.0 Å². The molecule has 0 atom stereocenters. The van der Waals surface area contributed by atoms with E-state index in [1.807, 2.05) is 6.07 Å². The van der Waals surface area contributed by atoms with Gasteiger partial charge in [0.1, 0.15) is 12.3 Å². The van der Waals surface area contributed by atoms with Crippen LogP contribution in [-0.2, 0) is 30.6 Å². The number of carbonyl (C=O) groups is 1. The molecule has 9 heteroatoms. The summed E-state index contributed by atoms with van der Waals surface area (Å²) >= 11 is 0. The highest BCUT2D eigenvalue weighted by Gasteiger charge is 2.33. The van der Waals surface area contributed by atoms with Crippen LogP contribution in [0.3, 0.4) is 0 Å². The van der Waals surface area contributed by atoms with Crippen LogP contribution in [0.15, 0.2) is 59.6 Å². The molecule has 0 unspecified atom stereocenters. The van der Waals surface area contributed by atoms with E-state index in [9.17, 15) is 18.0 Å². The smallest absolute Gasteiger partial charge is 0.435 e. The topological polar surface area (TPSA) is 64.2 Å². The zero-order chi connectivity index (χ0) is 18.6. The van der Waals surface area contributed by atoms with Crippen LogP contribution in [0.2, 0.25) is 0 Å². The van der Waals surface area contributed by atoms with Gasteiger partial charge >= 0.3 is 6.18 Å². The number of nitrogens with zero attached hydrogens (tertiary/aromatic N) is 4. The Bertz CT molecular complexity index is 845. The summed E-state index contributed by atoms with van der Waals surface area (Å²) in [5.41, 5.74) is -0.237. The summed E-state index contributed by atoms with van der Waals surface area (Å²) in [4.78, 5) is 18.1. The molecule has 0 aliphatic heterocycles. The van der Waals surface area contributed by atoms with E-state index < -0.39 is 11.9 Å². The number of aromatic nitrogens is 3. The Kier molecular flexibility index (Phi) is 5.06. The van der Waals surface area contributed by atoms with Crippen molar-refractivity contribution in [2.75, 3.05) is 0 Å². The Labute approximate surface area is 146 Å². The van der Waals surface area contributed by atoms with Gasteiger partial charge in [-0.15, -0.1) is 0 Å². The molecule has 3 aromatic rings.